The summed E-state index contributed by atoms with van der Waals surface area (Å²) in [5, 5.41) is 0. The Morgan fingerprint density at radius 1 is 1.26 bits per heavy atom. The zero-order valence-electron chi connectivity index (χ0n) is 13.0. The summed E-state index contributed by atoms with van der Waals surface area (Å²) in [5.74, 6) is 0.769. The Bertz CT molecular complexity index is 284. The monoisotopic (exact) mass is 268 g/mol. The molecule has 0 bridgehead atoms. The molecule has 0 aromatic rings. The van der Waals surface area contributed by atoms with E-state index in [1.54, 1.807) is 0 Å². The molecular formula is C16H32N2O. The zero-order chi connectivity index (χ0) is 13.9. The van der Waals surface area contributed by atoms with Gasteiger partial charge in [0.1, 0.15) is 0 Å². The maximum Gasteiger partial charge on any atom is 0.0675 e. The maximum absolute atomic E-state index is 6.31. The van der Waals surface area contributed by atoms with Gasteiger partial charge in [0, 0.05) is 24.7 Å². The molecule has 1 heterocycles. The third-order valence-electron chi connectivity index (χ3n) is 5.53. The molecule has 0 spiro atoms. The molecule has 19 heavy (non-hydrogen) atoms. The third kappa shape index (κ3) is 2.84. The number of hydrogen-bond acceptors (Lipinski definition) is 3. The summed E-state index contributed by atoms with van der Waals surface area (Å²) in [7, 11) is 0. The topological polar surface area (TPSA) is 38.5 Å². The van der Waals surface area contributed by atoms with E-state index in [-0.39, 0.29) is 5.54 Å². The van der Waals surface area contributed by atoms with Gasteiger partial charge in [-0.15, -0.1) is 0 Å². The van der Waals surface area contributed by atoms with E-state index in [1.165, 1.54) is 38.5 Å². The van der Waals surface area contributed by atoms with Gasteiger partial charge in [-0.2, -0.15) is 0 Å². The fourth-order valence-electron chi connectivity index (χ4n) is 4.37. The lowest BCUT2D eigenvalue weighted by atomic mass is 9.69. The first-order chi connectivity index (χ1) is 9.17. The van der Waals surface area contributed by atoms with Crippen LogP contribution in [0.2, 0.25) is 0 Å². The van der Waals surface area contributed by atoms with Gasteiger partial charge in [0.25, 0.3) is 0 Å². The molecule has 4 atom stereocenters. The smallest absolute Gasteiger partial charge is 0.0675 e. The highest BCUT2D eigenvalue weighted by Crippen LogP contribution is 2.42. The SMILES string of the molecule is CCC1COC(C)CN1C1(CN)CCCCC1CC. The second-order valence-electron chi connectivity index (χ2n) is 6.52. The maximum atomic E-state index is 6.31. The van der Waals surface area contributed by atoms with Gasteiger partial charge >= 0.3 is 0 Å². The molecule has 0 amide bonds. The van der Waals surface area contributed by atoms with Crippen molar-refractivity contribution in [3.8, 4) is 0 Å². The number of morpholine rings is 1. The molecule has 4 unspecified atom stereocenters. The van der Waals surface area contributed by atoms with E-state index in [1.807, 2.05) is 0 Å². The van der Waals surface area contributed by atoms with Crippen LogP contribution in [0, 0.1) is 5.92 Å². The van der Waals surface area contributed by atoms with Crippen molar-refractivity contribution in [3.63, 3.8) is 0 Å². The molecule has 0 aromatic heterocycles. The fourth-order valence-corrected chi connectivity index (χ4v) is 4.37. The normalized spacial score (nSPS) is 41.4. The minimum Gasteiger partial charge on any atom is -0.376 e. The van der Waals surface area contributed by atoms with Crippen LogP contribution < -0.4 is 5.73 Å². The lowest BCUT2D eigenvalue weighted by Gasteiger charge is -2.56. The summed E-state index contributed by atoms with van der Waals surface area (Å²) in [6, 6.07) is 0.562. The van der Waals surface area contributed by atoms with Crippen molar-refractivity contribution in [2.75, 3.05) is 19.7 Å². The van der Waals surface area contributed by atoms with Gasteiger partial charge in [0.05, 0.1) is 12.7 Å². The van der Waals surface area contributed by atoms with E-state index in [4.69, 9.17) is 10.5 Å². The molecule has 3 nitrogen and oxygen atoms in total. The number of ether oxygens (including phenoxy) is 1. The van der Waals surface area contributed by atoms with E-state index < -0.39 is 0 Å². The van der Waals surface area contributed by atoms with Crippen molar-refractivity contribution in [2.45, 2.75) is 77.0 Å². The van der Waals surface area contributed by atoms with Gasteiger partial charge in [0.15, 0.2) is 0 Å². The van der Waals surface area contributed by atoms with Crippen molar-refractivity contribution in [2.24, 2.45) is 11.7 Å². The highest BCUT2D eigenvalue weighted by atomic mass is 16.5. The van der Waals surface area contributed by atoms with Gasteiger partial charge < -0.3 is 10.5 Å². The molecule has 1 aliphatic heterocycles. The van der Waals surface area contributed by atoms with E-state index in [0.717, 1.165) is 25.6 Å². The number of hydrogen-bond donors (Lipinski definition) is 1. The summed E-state index contributed by atoms with van der Waals surface area (Å²) in [6.45, 7) is 9.58. The first-order valence-electron chi connectivity index (χ1n) is 8.26. The van der Waals surface area contributed by atoms with Crippen LogP contribution in [0.4, 0.5) is 0 Å². The van der Waals surface area contributed by atoms with Crippen molar-refractivity contribution in [1.29, 1.82) is 0 Å². The van der Waals surface area contributed by atoms with Crippen LogP contribution in [0.5, 0.6) is 0 Å². The highest BCUT2D eigenvalue weighted by molar-refractivity contribution is 5.02. The molecule has 1 aliphatic carbocycles. The highest BCUT2D eigenvalue weighted by Gasteiger charge is 2.47. The van der Waals surface area contributed by atoms with Crippen LogP contribution in [0.3, 0.4) is 0 Å². The second kappa shape index (κ2) is 6.55. The molecule has 2 aliphatic rings. The minimum absolute atomic E-state index is 0.242. The number of nitrogens with zero attached hydrogens (tertiary/aromatic N) is 1. The molecule has 2 rings (SSSR count). The van der Waals surface area contributed by atoms with E-state index in [2.05, 4.69) is 25.7 Å². The van der Waals surface area contributed by atoms with E-state index in [9.17, 15) is 0 Å². The standard InChI is InChI=1S/C16H32N2O/c1-4-14-8-6-7-9-16(14,12-17)18-10-13(3)19-11-15(18)5-2/h13-15H,4-12,17H2,1-3H3. The molecule has 112 valence electrons. The van der Waals surface area contributed by atoms with Crippen LogP contribution in [0.25, 0.3) is 0 Å². The Morgan fingerprint density at radius 3 is 2.68 bits per heavy atom. The first kappa shape index (κ1) is 15.3. The Morgan fingerprint density at radius 2 is 2.05 bits per heavy atom. The van der Waals surface area contributed by atoms with Gasteiger partial charge in [-0.05, 0) is 32.1 Å². The summed E-state index contributed by atoms with van der Waals surface area (Å²) in [5.41, 5.74) is 6.56. The predicted octanol–water partition coefficient (Wildman–Crippen LogP) is 2.78. The third-order valence-corrected chi connectivity index (χ3v) is 5.53. The van der Waals surface area contributed by atoms with E-state index >= 15 is 0 Å². The summed E-state index contributed by atoms with van der Waals surface area (Å²) < 4.78 is 5.88. The zero-order valence-corrected chi connectivity index (χ0v) is 13.0. The van der Waals surface area contributed by atoms with Gasteiger partial charge in [-0.1, -0.05) is 33.1 Å². The predicted molar refractivity (Wildman–Crippen MR) is 80.2 cm³/mol. The van der Waals surface area contributed by atoms with E-state index in [0.29, 0.717) is 12.1 Å². The van der Waals surface area contributed by atoms with Crippen LogP contribution in [0.15, 0.2) is 0 Å². The molecular weight excluding hydrogens is 236 g/mol. The quantitative estimate of drug-likeness (QED) is 0.852. The fraction of sp³-hybridized carbons (Fsp3) is 1.00. The summed E-state index contributed by atoms with van der Waals surface area (Å²) >= 11 is 0. The molecule has 1 saturated heterocycles. The van der Waals surface area contributed by atoms with Crippen LogP contribution >= 0.6 is 0 Å². The molecule has 0 aromatic carbocycles. The average Bonchev–Trinajstić information content (AvgIpc) is 2.46. The largest absolute Gasteiger partial charge is 0.376 e. The van der Waals surface area contributed by atoms with Gasteiger partial charge in [-0.25, -0.2) is 0 Å². The Hall–Kier alpha value is -0.120. The van der Waals surface area contributed by atoms with Crippen molar-refractivity contribution in [3.05, 3.63) is 0 Å². The summed E-state index contributed by atoms with van der Waals surface area (Å²) in [6.07, 6.45) is 8.16. The lowest BCUT2D eigenvalue weighted by molar-refractivity contribution is -0.124. The molecule has 3 heteroatoms. The number of nitrogens with two attached hydrogens (primary N) is 1. The molecule has 2 N–H and O–H groups in total. The first-order valence-corrected chi connectivity index (χ1v) is 8.26. The minimum atomic E-state index is 0.242. The second-order valence-corrected chi connectivity index (χ2v) is 6.52. The molecule has 0 radical (unpaired) electrons. The Kier molecular flexibility index (Phi) is 5.27. The van der Waals surface area contributed by atoms with Crippen molar-refractivity contribution >= 4 is 0 Å². The number of rotatable bonds is 4. The summed E-state index contributed by atoms with van der Waals surface area (Å²) in [4.78, 5) is 2.74. The van der Waals surface area contributed by atoms with Gasteiger partial charge in [0.2, 0.25) is 0 Å². The van der Waals surface area contributed by atoms with Gasteiger partial charge in [-0.3, -0.25) is 4.90 Å². The molecule has 2 fully saturated rings. The van der Waals surface area contributed by atoms with Crippen molar-refractivity contribution in [1.82, 2.24) is 4.90 Å². The average molecular weight is 268 g/mol. The Balaban J connectivity index is 2.25. The van der Waals surface area contributed by atoms with Crippen LogP contribution in [-0.2, 0) is 4.74 Å². The van der Waals surface area contributed by atoms with Crippen LogP contribution in [-0.4, -0.2) is 42.3 Å². The molecule has 1 saturated carbocycles. The Labute approximate surface area is 118 Å². The van der Waals surface area contributed by atoms with Crippen LogP contribution in [0.1, 0.15) is 59.3 Å². The lowest BCUT2D eigenvalue weighted by Crippen LogP contribution is -2.66. The van der Waals surface area contributed by atoms with Crippen molar-refractivity contribution < 1.29 is 4.74 Å².